The van der Waals surface area contributed by atoms with Gasteiger partial charge in [-0.3, -0.25) is 4.79 Å². The Morgan fingerprint density at radius 2 is 2.33 bits per heavy atom. The van der Waals surface area contributed by atoms with E-state index in [1.165, 1.54) is 16.2 Å². The van der Waals surface area contributed by atoms with E-state index in [1.807, 2.05) is 12.1 Å². The van der Waals surface area contributed by atoms with Gasteiger partial charge in [0.15, 0.2) is 0 Å². The summed E-state index contributed by atoms with van der Waals surface area (Å²) in [6.07, 6.45) is 0.888. The van der Waals surface area contributed by atoms with E-state index in [1.54, 1.807) is 0 Å². The number of carbonyl (C=O) groups is 1. The first kappa shape index (κ1) is 8.54. The van der Waals surface area contributed by atoms with Gasteiger partial charge < -0.3 is 0 Å². The molecule has 0 amide bonds. The minimum Gasteiger partial charge on any atom is -0.281 e. The molecule has 1 heterocycles. The van der Waals surface area contributed by atoms with E-state index in [4.69, 9.17) is 23.2 Å². The van der Waals surface area contributed by atoms with Crippen molar-refractivity contribution in [1.82, 2.24) is 0 Å². The van der Waals surface area contributed by atoms with Gasteiger partial charge in [0, 0.05) is 16.7 Å². The van der Waals surface area contributed by atoms with Gasteiger partial charge >= 0.3 is 0 Å². The number of halogens is 2. The third kappa shape index (κ3) is 1.51. The van der Waals surface area contributed by atoms with Crippen molar-refractivity contribution < 1.29 is 4.79 Å². The molecule has 0 bridgehead atoms. The summed E-state index contributed by atoms with van der Waals surface area (Å²) < 4.78 is 0.776. The van der Waals surface area contributed by atoms with Crippen molar-refractivity contribution in [3.05, 3.63) is 21.3 Å². The van der Waals surface area contributed by atoms with Crippen LogP contribution in [0.5, 0.6) is 0 Å². The Hall–Kier alpha value is -0.0500. The molecular weight excluding hydrogens is 215 g/mol. The van der Waals surface area contributed by atoms with Gasteiger partial charge in [-0.15, -0.1) is 11.3 Å². The second-order valence-electron chi connectivity index (χ2n) is 2.89. The number of hydrogen-bond donors (Lipinski definition) is 0. The van der Waals surface area contributed by atoms with Crippen LogP contribution in [0.1, 0.15) is 17.2 Å². The van der Waals surface area contributed by atoms with Gasteiger partial charge in [-0.1, -0.05) is 11.6 Å². The Morgan fingerprint density at radius 3 is 2.75 bits per heavy atom. The number of rotatable bonds is 2. The van der Waals surface area contributed by atoms with Crippen LogP contribution in [0.2, 0.25) is 4.34 Å². The summed E-state index contributed by atoms with van der Waals surface area (Å²) in [5.41, 5.74) is 0. The van der Waals surface area contributed by atoms with Gasteiger partial charge in [0.05, 0.1) is 4.34 Å². The van der Waals surface area contributed by atoms with E-state index in [2.05, 4.69) is 0 Å². The first-order chi connectivity index (χ1) is 5.68. The fraction of sp³-hybridized carbons (Fsp3) is 0.375. The number of hydrogen-bond acceptors (Lipinski definition) is 2. The second-order valence-corrected chi connectivity index (χ2v) is 5.01. The van der Waals surface area contributed by atoms with Crippen molar-refractivity contribution in [3.8, 4) is 0 Å². The van der Waals surface area contributed by atoms with Crippen molar-refractivity contribution in [1.29, 1.82) is 0 Å². The molecule has 1 aliphatic rings. The molecule has 1 nitrogen and oxygen atoms in total. The highest BCUT2D eigenvalue weighted by Gasteiger charge is 2.43. The van der Waals surface area contributed by atoms with Crippen molar-refractivity contribution in [2.24, 2.45) is 5.92 Å². The van der Waals surface area contributed by atoms with Crippen molar-refractivity contribution in [2.75, 3.05) is 0 Å². The standard InChI is InChI=1S/C8H6Cl2OS/c9-7-2-1-6(12-7)4-3-5(4)8(10)11/h1-2,4-5H,3H2/t4-,5-/m1/s1. The lowest BCUT2D eigenvalue weighted by molar-refractivity contribution is -0.112. The zero-order valence-electron chi connectivity index (χ0n) is 6.09. The molecule has 4 heteroatoms. The minimum atomic E-state index is -0.218. The van der Waals surface area contributed by atoms with E-state index in [-0.39, 0.29) is 11.2 Å². The monoisotopic (exact) mass is 220 g/mol. The zero-order valence-corrected chi connectivity index (χ0v) is 8.42. The van der Waals surface area contributed by atoms with E-state index in [9.17, 15) is 4.79 Å². The molecule has 2 rings (SSSR count). The van der Waals surface area contributed by atoms with Crippen LogP contribution >= 0.6 is 34.5 Å². The SMILES string of the molecule is O=C(Cl)[C@@H]1C[C@H]1c1ccc(Cl)s1. The van der Waals surface area contributed by atoms with Crippen LogP contribution in [0.4, 0.5) is 0 Å². The van der Waals surface area contributed by atoms with Gasteiger partial charge in [0.1, 0.15) is 0 Å². The topological polar surface area (TPSA) is 17.1 Å². The summed E-state index contributed by atoms with van der Waals surface area (Å²) in [4.78, 5) is 11.9. The third-order valence-corrected chi connectivity index (χ3v) is 3.68. The summed E-state index contributed by atoms with van der Waals surface area (Å²) in [7, 11) is 0. The third-order valence-electron chi connectivity index (χ3n) is 2.04. The van der Waals surface area contributed by atoms with E-state index in [0.29, 0.717) is 5.92 Å². The first-order valence-electron chi connectivity index (χ1n) is 3.63. The van der Waals surface area contributed by atoms with Crippen LogP contribution in [0, 0.1) is 5.92 Å². The Balaban J connectivity index is 2.10. The van der Waals surface area contributed by atoms with Crippen LogP contribution in [0.25, 0.3) is 0 Å². The summed E-state index contributed by atoms with van der Waals surface area (Å²) in [6, 6.07) is 3.83. The van der Waals surface area contributed by atoms with E-state index in [0.717, 1.165) is 10.8 Å². The molecule has 1 saturated carbocycles. The summed E-state index contributed by atoms with van der Waals surface area (Å²) in [5, 5.41) is -0.218. The van der Waals surface area contributed by atoms with Gasteiger partial charge in [-0.05, 0) is 30.2 Å². The van der Waals surface area contributed by atoms with Gasteiger partial charge in [0.25, 0.3) is 0 Å². The fourth-order valence-corrected chi connectivity index (χ4v) is 2.77. The molecule has 1 aliphatic carbocycles. The molecule has 0 aliphatic heterocycles. The van der Waals surface area contributed by atoms with Crippen LogP contribution in [-0.2, 0) is 4.79 Å². The maximum absolute atomic E-state index is 10.7. The predicted octanol–water partition coefficient (Wildman–Crippen LogP) is 3.27. The second kappa shape index (κ2) is 3.02. The highest BCUT2D eigenvalue weighted by Crippen LogP contribution is 2.51. The molecule has 64 valence electrons. The zero-order chi connectivity index (χ0) is 8.72. The fourth-order valence-electron chi connectivity index (χ4n) is 1.29. The molecule has 2 atom stereocenters. The maximum Gasteiger partial charge on any atom is 0.225 e. The lowest BCUT2D eigenvalue weighted by atomic mass is 10.3. The largest absolute Gasteiger partial charge is 0.281 e. The van der Waals surface area contributed by atoms with Gasteiger partial charge in [-0.2, -0.15) is 0 Å². The molecule has 0 spiro atoms. The van der Waals surface area contributed by atoms with Crippen molar-refractivity contribution in [3.63, 3.8) is 0 Å². The number of carbonyl (C=O) groups excluding carboxylic acids is 1. The summed E-state index contributed by atoms with van der Waals surface area (Å²) in [6.45, 7) is 0. The lowest BCUT2D eigenvalue weighted by Crippen LogP contribution is -1.89. The molecule has 0 radical (unpaired) electrons. The Morgan fingerprint density at radius 1 is 1.58 bits per heavy atom. The average Bonchev–Trinajstić information content (AvgIpc) is 2.70. The minimum absolute atomic E-state index is 0.0429. The molecule has 0 aromatic carbocycles. The van der Waals surface area contributed by atoms with Crippen LogP contribution in [0.3, 0.4) is 0 Å². The lowest BCUT2D eigenvalue weighted by Gasteiger charge is -1.88. The smallest absolute Gasteiger partial charge is 0.225 e. The maximum atomic E-state index is 10.7. The van der Waals surface area contributed by atoms with E-state index < -0.39 is 0 Å². The molecule has 1 aromatic rings. The predicted molar refractivity (Wildman–Crippen MR) is 51.0 cm³/mol. The number of thiophene rings is 1. The molecule has 1 fully saturated rings. The Kier molecular flexibility index (Phi) is 2.15. The van der Waals surface area contributed by atoms with Crippen LogP contribution in [-0.4, -0.2) is 5.24 Å². The molecule has 12 heavy (non-hydrogen) atoms. The summed E-state index contributed by atoms with van der Waals surface area (Å²) in [5.74, 6) is 0.383. The van der Waals surface area contributed by atoms with Crippen LogP contribution < -0.4 is 0 Å². The molecule has 0 N–H and O–H groups in total. The molecular formula is C8H6Cl2OS. The highest BCUT2D eigenvalue weighted by molar-refractivity contribution is 7.16. The van der Waals surface area contributed by atoms with Crippen molar-refractivity contribution in [2.45, 2.75) is 12.3 Å². The molecule has 0 unspecified atom stereocenters. The Bertz CT molecular complexity index is 321. The van der Waals surface area contributed by atoms with Crippen LogP contribution in [0.15, 0.2) is 12.1 Å². The Labute approximate surface area is 84.3 Å². The normalized spacial score (nSPS) is 27.2. The first-order valence-corrected chi connectivity index (χ1v) is 5.20. The van der Waals surface area contributed by atoms with E-state index >= 15 is 0 Å². The average molecular weight is 221 g/mol. The van der Waals surface area contributed by atoms with Gasteiger partial charge in [-0.25, -0.2) is 0 Å². The highest BCUT2D eigenvalue weighted by atomic mass is 35.5. The van der Waals surface area contributed by atoms with Crippen molar-refractivity contribution >= 4 is 39.8 Å². The molecule has 0 saturated heterocycles. The molecule has 1 aromatic heterocycles. The van der Waals surface area contributed by atoms with Gasteiger partial charge in [0.2, 0.25) is 5.24 Å². The quantitative estimate of drug-likeness (QED) is 0.700. The summed E-state index contributed by atoms with van der Waals surface area (Å²) >= 11 is 12.7.